The quantitative estimate of drug-likeness (QED) is 0.915. The van der Waals surface area contributed by atoms with Gasteiger partial charge in [-0.05, 0) is 38.0 Å². The van der Waals surface area contributed by atoms with Crippen LogP contribution in [0.25, 0.3) is 0 Å². The summed E-state index contributed by atoms with van der Waals surface area (Å²) >= 11 is 0. The molecule has 1 fully saturated rings. The average molecular weight is 326 g/mol. The molecule has 1 saturated heterocycles. The second kappa shape index (κ2) is 6.86. The Labute approximate surface area is 141 Å². The van der Waals surface area contributed by atoms with Crippen LogP contribution in [-0.4, -0.2) is 29.5 Å². The Morgan fingerprint density at radius 3 is 2.83 bits per heavy atom. The molecule has 1 aromatic heterocycles. The van der Waals surface area contributed by atoms with E-state index >= 15 is 0 Å². The van der Waals surface area contributed by atoms with Gasteiger partial charge in [-0.15, -0.1) is 0 Å². The zero-order valence-corrected chi connectivity index (χ0v) is 14.3. The molecule has 2 heterocycles. The molecular formula is C18H22N4O2. The number of benzene rings is 1. The van der Waals surface area contributed by atoms with Gasteiger partial charge in [0.2, 0.25) is 11.8 Å². The maximum atomic E-state index is 11.9. The molecule has 0 saturated carbocycles. The number of aryl methyl sites for hydroxylation is 1. The minimum absolute atomic E-state index is 0.201. The lowest BCUT2D eigenvalue weighted by Crippen LogP contribution is -2.23. The molecule has 0 aliphatic carbocycles. The van der Waals surface area contributed by atoms with Crippen molar-refractivity contribution in [1.29, 1.82) is 0 Å². The van der Waals surface area contributed by atoms with E-state index in [1.165, 1.54) is 0 Å². The molecule has 1 aliphatic heterocycles. The van der Waals surface area contributed by atoms with Crippen LogP contribution < -0.4 is 15.0 Å². The summed E-state index contributed by atoms with van der Waals surface area (Å²) in [5, 5.41) is 3.34. The number of rotatable bonds is 5. The maximum Gasteiger partial charge on any atom is 0.227 e. The molecule has 126 valence electrons. The van der Waals surface area contributed by atoms with Gasteiger partial charge in [0, 0.05) is 25.2 Å². The van der Waals surface area contributed by atoms with Gasteiger partial charge in [0.15, 0.2) is 0 Å². The second-order valence-electron chi connectivity index (χ2n) is 5.93. The van der Waals surface area contributed by atoms with E-state index in [0.29, 0.717) is 24.7 Å². The number of carbonyl (C=O) groups is 1. The van der Waals surface area contributed by atoms with Gasteiger partial charge in [-0.2, -0.15) is 4.98 Å². The molecule has 6 nitrogen and oxygen atoms in total. The number of methoxy groups -OCH3 is 1. The molecule has 0 atom stereocenters. The fraction of sp³-hybridized carbons (Fsp3) is 0.389. The van der Waals surface area contributed by atoms with Crippen LogP contribution in [0.3, 0.4) is 0 Å². The number of amides is 1. The third kappa shape index (κ3) is 3.32. The summed E-state index contributed by atoms with van der Waals surface area (Å²) in [6.45, 7) is 5.19. The molecule has 0 bridgehead atoms. The molecular weight excluding hydrogens is 304 g/mol. The van der Waals surface area contributed by atoms with E-state index in [9.17, 15) is 4.79 Å². The predicted octanol–water partition coefficient (Wildman–Crippen LogP) is 2.84. The van der Waals surface area contributed by atoms with Crippen molar-refractivity contribution in [3.8, 4) is 5.88 Å². The van der Waals surface area contributed by atoms with Crippen molar-refractivity contribution in [2.45, 2.75) is 33.2 Å². The molecule has 2 aromatic rings. The highest BCUT2D eigenvalue weighted by Gasteiger charge is 2.21. The minimum atomic E-state index is 0.201. The van der Waals surface area contributed by atoms with Crippen molar-refractivity contribution < 1.29 is 9.53 Å². The monoisotopic (exact) mass is 326 g/mol. The molecule has 1 N–H and O–H groups in total. The van der Waals surface area contributed by atoms with Crippen molar-refractivity contribution in [2.24, 2.45) is 0 Å². The van der Waals surface area contributed by atoms with Gasteiger partial charge in [0.1, 0.15) is 11.6 Å². The van der Waals surface area contributed by atoms with Gasteiger partial charge < -0.3 is 15.0 Å². The first-order valence-electron chi connectivity index (χ1n) is 8.11. The normalized spacial score (nSPS) is 14.1. The summed E-state index contributed by atoms with van der Waals surface area (Å²) in [7, 11) is 1.61. The van der Waals surface area contributed by atoms with Gasteiger partial charge in [-0.3, -0.25) is 4.79 Å². The molecule has 1 amide bonds. The largest absolute Gasteiger partial charge is 0.481 e. The first-order chi connectivity index (χ1) is 11.6. The van der Waals surface area contributed by atoms with E-state index in [-0.39, 0.29) is 5.91 Å². The van der Waals surface area contributed by atoms with E-state index < -0.39 is 0 Å². The van der Waals surface area contributed by atoms with Crippen LogP contribution in [0.15, 0.2) is 24.3 Å². The standard InChI is InChI=1S/C18H22N4O2/c1-12-17(20-13(2)21-18(12)24-3)19-11-14-6-4-7-15(10-14)22-9-5-8-16(22)23/h4,6-7,10H,5,8-9,11H2,1-3H3,(H,19,20,21). The summed E-state index contributed by atoms with van der Waals surface area (Å²) in [4.78, 5) is 22.5. The number of carbonyl (C=O) groups excluding carboxylic acids is 1. The van der Waals surface area contributed by atoms with Crippen molar-refractivity contribution >= 4 is 17.4 Å². The topological polar surface area (TPSA) is 67.4 Å². The van der Waals surface area contributed by atoms with E-state index in [0.717, 1.165) is 35.6 Å². The smallest absolute Gasteiger partial charge is 0.227 e. The summed E-state index contributed by atoms with van der Waals surface area (Å²) in [5.74, 6) is 2.21. The predicted molar refractivity (Wildman–Crippen MR) is 93.4 cm³/mol. The van der Waals surface area contributed by atoms with Crippen LogP contribution in [0.2, 0.25) is 0 Å². The molecule has 0 radical (unpaired) electrons. The first kappa shape index (κ1) is 16.2. The summed E-state index contributed by atoms with van der Waals surface area (Å²) in [5.41, 5.74) is 2.95. The van der Waals surface area contributed by atoms with Gasteiger partial charge in [0.25, 0.3) is 0 Å². The fourth-order valence-electron chi connectivity index (χ4n) is 2.91. The Balaban J connectivity index is 1.76. The Morgan fingerprint density at radius 1 is 1.29 bits per heavy atom. The number of ether oxygens (including phenoxy) is 1. The highest BCUT2D eigenvalue weighted by Crippen LogP contribution is 2.24. The van der Waals surface area contributed by atoms with Crippen molar-refractivity contribution in [3.05, 3.63) is 41.2 Å². The van der Waals surface area contributed by atoms with Crippen molar-refractivity contribution in [3.63, 3.8) is 0 Å². The Bertz CT molecular complexity index is 761. The SMILES string of the molecule is COc1nc(C)nc(NCc2cccc(N3CCCC3=O)c2)c1C. The third-order valence-electron chi connectivity index (χ3n) is 4.16. The van der Waals surface area contributed by atoms with E-state index in [4.69, 9.17) is 4.74 Å². The van der Waals surface area contributed by atoms with Gasteiger partial charge in [0.05, 0.1) is 12.7 Å². The fourth-order valence-corrected chi connectivity index (χ4v) is 2.91. The molecule has 6 heteroatoms. The van der Waals surface area contributed by atoms with Crippen LogP contribution in [0.5, 0.6) is 5.88 Å². The Kier molecular flexibility index (Phi) is 4.64. The zero-order valence-electron chi connectivity index (χ0n) is 14.3. The van der Waals surface area contributed by atoms with E-state index in [1.807, 2.05) is 36.9 Å². The van der Waals surface area contributed by atoms with E-state index in [2.05, 4.69) is 21.4 Å². The summed E-state index contributed by atoms with van der Waals surface area (Å²) < 4.78 is 5.28. The average Bonchev–Trinajstić information content (AvgIpc) is 3.01. The Morgan fingerprint density at radius 2 is 2.12 bits per heavy atom. The highest BCUT2D eigenvalue weighted by molar-refractivity contribution is 5.95. The van der Waals surface area contributed by atoms with E-state index in [1.54, 1.807) is 7.11 Å². The van der Waals surface area contributed by atoms with Crippen molar-refractivity contribution in [1.82, 2.24) is 9.97 Å². The first-order valence-corrected chi connectivity index (χ1v) is 8.11. The number of hydrogen-bond acceptors (Lipinski definition) is 5. The van der Waals surface area contributed by atoms with Crippen LogP contribution in [0.1, 0.15) is 29.8 Å². The molecule has 3 rings (SSSR count). The molecule has 0 unspecified atom stereocenters. The molecule has 0 spiro atoms. The lowest BCUT2D eigenvalue weighted by Gasteiger charge is -2.17. The lowest BCUT2D eigenvalue weighted by molar-refractivity contribution is -0.117. The number of aromatic nitrogens is 2. The summed E-state index contributed by atoms with van der Waals surface area (Å²) in [6.07, 6.45) is 1.57. The second-order valence-corrected chi connectivity index (χ2v) is 5.93. The summed E-state index contributed by atoms with van der Waals surface area (Å²) in [6, 6.07) is 8.06. The minimum Gasteiger partial charge on any atom is -0.481 e. The van der Waals surface area contributed by atoms with Crippen LogP contribution in [0, 0.1) is 13.8 Å². The van der Waals surface area contributed by atoms with Gasteiger partial charge in [-0.25, -0.2) is 4.98 Å². The maximum absolute atomic E-state index is 11.9. The van der Waals surface area contributed by atoms with Gasteiger partial charge >= 0.3 is 0 Å². The molecule has 1 aromatic carbocycles. The van der Waals surface area contributed by atoms with Gasteiger partial charge in [-0.1, -0.05) is 12.1 Å². The number of nitrogens with one attached hydrogen (secondary N) is 1. The Hall–Kier alpha value is -2.63. The van der Waals surface area contributed by atoms with Crippen LogP contribution in [-0.2, 0) is 11.3 Å². The third-order valence-corrected chi connectivity index (χ3v) is 4.16. The lowest BCUT2D eigenvalue weighted by atomic mass is 10.2. The highest BCUT2D eigenvalue weighted by atomic mass is 16.5. The van der Waals surface area contributed by atoms with Crippen molar-refractivity contribution in [2.75, 3.05) is 23.9 Å². The number of nitrogens with zero attached hydrogens (tertiary/aromatic N) is 3. The number of hydrogen-bond donors (Lipinski definition) is 1. The zero-order chi connectivity index (χ0) is 17.1. The molecule has 24 heavy (non-hydrogen) atoms. The number of anilines is 2. The van der Waals surface area contributed by atoms with Crippen LogP contribution in [0.4, 0.5) is 11.5 Å². The van der Waals surface area contributed by atoms with Crippen LogP contribution >= 0.6 is 0 Å². The molecule has 1 aliphatic rings.